The van der Waals surface area contributed by atoms with E-state index in [1.165, 1.54) is 12.3 Å². The van der Waals surface area contributed by atoms with Crippen LogP contribution in [0.5, 0.6) is 5.75 Å². The van der Waals surface area contributed by atoms with Gasteiger partial charge in [-0.2, -0.15) is 0 Å². The highest BCUT2D eigenvalue weighted by Crippen LogP contribution is 2.21. The zero-order chi connectivity index (χ0) is 15.3. The average Bonchev–Trinajstić information content (AvgIpc) is 2.33. The van der Waals surface area contributed by atoms with E-state index in [1.807, 2.05) is 13.8 Å². The summed E-state index contributed by atoms with van der Waals surface area (Å²) in [6.45, 7) is 6.41. The molecule has 0 heterocycles. The molecule has 1 atom stereocenters. The first-order chi connectivity index (χ1) is 9.20. The van der Waals surface area contributed by atoms with Crippen molar-refractivity contribution in [2.75, 3.05) is 19.4 Å². The minimum atomic E-state index is -3.21. The van der Waals surface area contributed by atoms with Gasteiger partial charge in [0.2, 0.25) is 0 Å². The van der Waals surface area contributed by atoms with Crippen LogP contribution < -0.4 is 10.1 Å². The Morgan fingerprint density at radius 3 is 2.50 bits per heavy atom. The van der Waals surface area contributed by atoms with Gasteiger partial charge in [0, 0.05) is 18.8 Å². The van der Waals surface area contributed by atoms with Crippen LogP contribution in [0.4, 0.5) is 0 Å². The summed E-state index contributed by atoms with van der Waals surface area (Å²) < 4.78 is 28.4. The summed E-state index contributed by atoms with van der Waals surface area (Å²) >= 11 is 0. The van der Waals surface area contributed by atoms with Crippen LogP contribution in [0.1, 0.15) is 19.4 Å². The van der Waals surface area contributed by atoms with Crippen LogP contribution in [0.25, 0.3) is 0 Å². The first-order valence-electron chi connectivity index (χ1n) is 6.55. The first kappa shape index (κ1) is 16.9. The summed E-state index contributed by atoms with van der Waals surface area (Å²) in [6.07, 6.45) is 0.565. The van der Waals surface area contributed by atoms with Crippen molar-refractivity contribution in [3.63, 3.8) is 0 Å². The number of sulfone groups is 1. The van der Waals surface area contributed by atoms with E-state index in [9.17, 15) is 13.5 Å². The van der Waals surface area contributed by atoms with Crippen molar-refractivity contribution >= 4 is 9.84 Å². The number of rotatable bonds is 7. The number of ether oxygens (including phenoxy) is 1. The standard InChI is InChI=1S/C14H23NO4S/c1-10(2)15-8-12(16)9-19-14-6-5-13(7-11(14)3)20(4,17)18/h5-7,10,12,15-16H,8-9H2,1-4H3. The minimum absolute atomic E-state index is 0.165. The third-order valence-electron chi connectivity index (χ3n) is 2.77. The highest BCUT2D eigenvalue weighted by molar-refractivity contribution is 7.90. The van der Waals surface area contributed by atoms with Crippen molar-refractivity contribution in [3.05, 3.63) is 23.8 Å². The highest BCUT2D eigenvalue weighted by atomic mass is 32.2. The molecule has 0 saturated heterocycles. The average molecular weight is 301 g/mol. The lowest BCUT2D eigenvalue weighted by atomic mass is 10.2. The lowest BCUT2D eigenvalue weighted by Gasteiger charge is -2.16. The fourth-order valence-electron chi connectivity index (χ4n) is 1.63. The minimum Gasteiger partial charge on any atom is -0.491 e. The van der Waals surface area contributed by atoms with E-state index in [0.717, 1.165) is 5.56 Å². The number of aliphatic hydroxyl groups is 1. The fourth-order valence-corrected chi connectivity index (χ4v) is 2.34. The van der Waals surface area contributed by atoms with Gasteiger partial charge in [-0.05, 0) is 30.7 Å². The molecule has 1 aromatic rings. The quantitative estimate of drug-likeness (QED) is 0.790. The van der Waals surface area contributed by atoms with Gasteiger partial charge in [-0.25, -0.2) is 8.42 Å². The van der Waals surface area contributed by atoms with Gasteiger partial charge < -0.3 is 15.2 Å². The van der Waals surface area contributed by atoms with Gasteiger partial charge in [0.1, 0.15) is 18.5 Å². The van der Waals surface area contributed by atoms with Crippen molar-refractivity contribution in [1.29, 1.82) is 0 Å². The molecule has 0 aliphatic heterocycles. The lowest BCUT2D eigenvalue weighted by Crippen LogP contribution is -2.35. The van der Waals surface area contributed by atoms with Crippen LogP contribution in [0, 0.1) is 6.92 Å². The predicted octanol–water partition coefficient (Wildman–Crippen LogP) is 1.14. The summed E-state index contributed by atoms with van der Waals surface area (Å²) in [5.41, 5.74) is 0.733. The Morgan fingerprint density at radius 1 is 1.35 bits per heavy atom. The number of hydrogen-bond donors (Lipinski definition) is 2. The molecule has 0 fully saturated rings. The molecule has 1 aromatic carbocycles. The van der Waals surface area contributed by atoms with Gasteiger partial charge in [-0.15, -0.1) is 0 Å². The number of aliphatic hydroxyl groups excluding tert-OH is 1. The maximum atomic E-state index is 11.4. The maximum absolute atomic E-state index is 11.4. The van der Waals surface area contributed by atoms with E-state index in [0.29, 0.717) is 18.3 Å². The van der Waals surface area contributed by atoms with Crippen molar-refractivity contribution in [2.45, 2.75) is 37.8 Å². The largest absolute Gasteiger partial charge is 0.491 e. The Morgan fingerprint density at radius 2 is 2.00 bits per heavy atom. The summed E-state index contributed by atoms with van der Waals surface area (Å²) in [6, 6.07) is 5.01. The van der Waals surface area contributed by atoms with E-state index < -0.39 is 15.9 Å². The van der Waals surface area contributed by atoms with Crippen LogP contribution in [0.2, 0.25) is 0 Å². The van der Waals surface area contributed by atoms with Crippen LogP contribution in [0.15, 0.2) is 23.1 Å². The van der Waals surface area contributed by atoms with Gasteiger partial charge in [0.05, 0.1) is 4.90 Å². The van der Waals surface area contributed by atoms with E-state index in [-0.39, 0.29) is 11.5 Å². The first-order valence-corrected chi connectivity index (χ1v) is 8.44. The molecule has 0 amide bonds. The second-order valence-electron chi connectivity index (χ2n) is 5.23. The summed E-state index contributed by atoms with van der Waals surface area (Å²) in [7, 11) is -3.21. The third-order valence-corrected chi connectivity index (χ3v) is 3.88. The Kier molecular flexibility index (Phi) is 5.98. The van der Waals surface area contributed by atoms with Gasteiger partial charge in [-0.1, -0.05) is 13.8 Å². The maximum Gasteiger partial charge on any atom is 0.175 e. The van der Waals surface area contributed by atoms with Gasteiger partial charge in [-0.3, -0.25) is 0 Å². The Hall–Kier alpha value is -1.11. The van der Waals surface area contributed by atoms with Crippen molar-refractivity contribution in [1.82, 2.24) is 5.32 Å². The molecule has 6 heteroatoms. The molecule has 1 unspecified atom stereocenters. The Balaban J connectivity index is 2.61. The summed E-state index contributed by atoms with van der Waals surface area (Å²) in [5, 5.41) is 12.9. The lowest BCUT2D eigenvalue weighted by molar-refractivity contribution is 0.104. The number of hydrogen-bond acceptors (Lipinski definition) is 5. The molecule has 5 nitrogen and oxygen atoms in total. The number of nitrogens with one attached hydrogen (secondary N) is 1. The third kappa shape index (κ3) is 5.48. The normalized spacial score (nSPS) is 13.5. The molecule has 0 spiro atoms. The molecule has 1 rings (SSSR count). The smallest absolute Gasteiger partial charge is 0.175 e. The van der Waals surface area contributed by atoms with Crippen LogP contribution >= 0.6 is 0 Å². The molecular formula is C14H23NO4S. The van der Waals surface area contributed by atoms with Gasteiger partial charge >= 0.3 is 0 Å². The van der Waals surface area contributed by atoms with Crippen LogP contribution in [-0.4, -0.2) is 45.1 Å². The van der Waals surface area contributed by atoms with Crippen molar-refractivity contribution < 1.29 is 18.3 Å². The van der Waals surface area contributed by atoms with Crippen molar-refractivity contribution in [2.24, 2.45) is 0 Å². The second kappa shape index (κ2) is 7.06. The number of benzene rings is 1. The van der Waals surface area contributed by atoms with E-state index in [1.54, 1.807) is 19.1 Å². The second-order valence-corrected chi connectivity index (χ2v) is 7.24. The predicted molar refractivity (Wildman–Crippen MR) is 78.9 cm³/mol. The van der Waals surface area contributed by atoms with Crippen LogP contribution in [-0.2, 0) is 9.84 Å². The summed E-state index contributed by atoms with van der Waals surface area (Å²) in [5.74, 6) is 0.584. The molecular weight excluding hydrogens is 278 g/mol. The molecule has 0 saturated carbocycles. The number of aryl methyl sites for hydroxylation is 1. The summed E-state index contributed by atoms with van der Waals surface area (Å²) in [4.78, 5) is 0.268. The molecule has 2 N–H and O–H groups in total. The molecule has 0 aliphatic rings. The highest BCUT2D eigenvalue weighted by Gasteiger charge is 2.11. The molecule has 0 bridgehead atoms. The molecule has 114 valence electrons. The monoisotopic (exact) mass is 301 g/mol. The molecule has 20 heavy (non-hydrogen) atoms. The topological polar surface area (TPSA) is 75.6 Å². The van der Waals surface area contributed by atoms with Gasteiger partial charge in [0.15, 0.2) is 9.84 Å². The Bertz CT molecular complexity index is 540. The zero-order valence-corrected chi connectivity index (χ0v) is 13.2. The van der Waals surface area contributed by atoms with Gasteiger partial charge in [0.25, 0.3) is 0 Å². The van der Waals surface area contributed by atoms with Crippen molar-refractivity contribution in [3.8, 4) is 5.75 Å². The van der Waals surface area contributed by atoms with E-state index in [2.05, 4.69) is 5.32 Å². The molecule has 0 radical (unpaired) electrons. The van der Waals surface area contributed by atoms with E-state index >= 15 is 0 Å². The molecule has 0 aliphatic carbocycles. The molecule has 0 aromatic heterocycles. The zero-order valence-electron chi connectivity index (χ0n) is 12.4. The Labute approximate surface area is 120 Å². The van der Waals surface area contributed by atoms with Crippen LogP contribution in [0.3, 0.4) is 0 Å². The SMILES string of the molecule is Cc1cc(S(C)(=O)=O)ccc1OCC(O)CNC(C)C. The van der Waals surface area contributed by atoms with E-state index in [4.69, 9.17) is 4.74 Å². The fraction of sp³-hybridized carbons (Fsp3) is 0.571.